The first kappa shape index (κ1) is 12.7. The topological polar surface area (TPSA) is 27.1 Å². The first-order valence-electron chi connectivity index (χ1n) is 6.68. The highest BCUT2D eigenvalue weighted by Gasteiger charge is 2.27. The van der Waals surface area contributed by atoms with Crippen molar-refractivity contribution >= 4 is 22.8 Å². The van der Waals surface area contributed by atoms with Gasteiger partial charge in [0.2, 0.25) is 0 Å². The molecule has 0 spiro atoms. The van der Waals surface area contributed by atoms with Gasteiger partial charge in [0.25, 0.3) is 0 Å². The van der Waals surface area contributed by atoms with E-state index in [4.69, 9.17) is 4.74 Å². The molecule has 0 saturated carbocycles. The van der Waals surface area contributed by atoms with Gasteiger partial charge in [-0.15, -0.1) is 11.8 Å². The Hall–Kier alpha value is -2.01. The van der Waals surface area contributed by atoms with Crippen molar-refractivity contribution in [2.75, 3.05) is 7.11 Å². The van der Waals surface area contributed by atoms with Crippen LogP contribution in [0, 0.1) is 5.82 Å². The van der Waals surface area contributed by atoms with Crippen molar-refractivity contribution in [2.45, 2.75) is 11.1 Å². The van der Waals surface area contributed by atoms with Gasteiger partial charge in [-0.25, -0.2) is 9.37 Å². The normalized spacial score (nSPS) is 17.1. The van der Waals surface area contributed by atoms with Gasteiger partial charge in [-0.2, -0.15) is 0 Å². The zero-order chi connectivity index (χ0) is 14.4. The smallest absolute Gasteiger partial charge is 0.123 e. The number of hydrogen-bond donors (Lipinski definition) is 0. The zero-order valence-electron chi connectivity index (χ0n) is 11.4. The number of halogens is 1. The fourth-order valence-corrected chi connectivity index (χ4v) is 3.96. The third-order valence-corrected chi connectivity index (χ3v) is 4.95. The van der Waals surface area contributed by atoms with Crippen LogP contribution in [0.3, 0.4) is 0 Å². The van der Waals surface area contributed by atoms with E-state index in [1.165, 1.54) is 12.1 Å². The molecule has 2 heterocycles. The van der Waals surface area contributed by atoms with Crippen molar-refractivity contribution in [3.05, 3.63) is 59.7 Å². The summed E-state index contributed by atoms with van der Waals surface area (Å²) in [6, 6.07) is 12.6. The van der Waals surface area contributed by atoms with E-state index in [0.29, 0.717) is 0 Å². The number of imidazole rings is 1. The molecule has 3 nitrogen and oxygen atoms in total. The van der Waals surface area contributed by atoms with E-state index in [1.54, 1.807) is 7.11 Å². The van der Waals surface area contributed by atoms with Crippen LogP contribution in [0.25, 0.3) is 11.0 Å². The maximum atomic E-state index is 13.1. The van der Waals surface area contributed by atoms with Crippen LogP contribution in [0.5, 0.6) is 5.75 Å². The lowest BCUT2D eigenvalue weighted by Gasteiger charge is -2.14. The van der Waals surface area contributed by atoms with Crippen LogP contribution in [-0.4, -0.2) is 16.7 Å². The predicted molar refractivity (Wildman–Crippen MR) is 82.1 cm³/mol. The molecular formula is C16H13FN2OS. The SMILES string of the molecule is COc1ccc2c(c1)nc1n2C(c2ccc(F)cc2)SC1. The molecular weight excluding hydrogens is 287 g/mol. The quantitative estimate of drug-likeness (QED) is 0.716. The van der Waals surface area contributed by atoms with Crippen molar-refractivity contribution < 1.29 is 9.13 Å². The molecule has 1 aliphatic heterocycles. The van der Waals surface area contributed by atoms with E-state index in [-0.39, 0.29) is 11.2 Å². The summed E-state index contributed by atoms with van der Waals surface area (Å²) in [5, 5.41) is 0.152. The monoisotopic (exact) mass is 300 g/mol. The maximum Gasteiger partial charge on any atom is 0.123 e. The van der Waals surface area contributed by atoms with Gasteiger partial charge in [-0.3, -0.25) is 0 Å². The van der Waals surface area contributed by atoms with Gasteiger partial charge in [0.1, 0.15) is 22.8 Å². The summed E-state index contributed by atoms with van der Waals surface area (Å²) in [5.74, 6) is 2.52. The average Bonchev–Trinajstić information content (AvgIpc) is 3.06. The molecule has 5 heteroatoms. The number of fused-ring (bicyclic) bond motifs is 3. The molecule has 1 atom stereocenters. The highest BCUT2D eigenvalue weighted by atomic mass is 32.2. The lowest BCUT2D eigenvalue weighted by molar-refractivity contribution is 0.415. The number of nitrogens with zero attached hydrogens (tertiary/aromatic N) is 2. The summed E-state index contributed by atoms with van der Waals surface area (Å²) in [6.45, 7) is 0. The summed E-state index contributed by atoms with van der Waals surface area (Å²) in [5.41, 5.74) is 3.12. The van der Waals surface area contributed by atoms with Gasteiger partial charge in [0.15, 0.2) is 0 Å². The minimum atomic E-state index is -0.206. The Balaban J connectivity index is 1.85. The number of methoxy groups -OCH3 is 1. The summed E-state index contributed by atoms with van der Waals surface area (Å²) in [6.07, 6.45) is 0. The number of rotatable bonds is 2. The summed E-state index contributed by atoms with van der Waals surface area (Å²) in [4.78, 5) is 4.68. The molecule has 3 aromatic rings. The Morgan fingerprint density at radius 1 is 1.24 bits per heavy atom. The molecule has 0 amide bonds. The molecule has 4 rings (SSSR count). The van der Waals surface area contributed by atoms with Crippen molar-refractivity contribution in [3.8, 4) is 5.75 Å². The van der Waals surface area contributed by atoms with Crippen molar-refractivity contribution in [3.63, 3.8) is 0 Å². The predicted octanol–water partition coefficient (Wildman–Crippen LogP) is 3.98. The molecule has 0 fully saturated rings. The molecule has 0 bridgehead atoms. The van der Waals surface area contributed by atoms with Gasteiger partial charge in [0.05, 0.1) is 23.9 Å². The first-order valence-corrected chi connectivity index (χ1v) is 7.73. The lowest BCUT2D eigenvalue weighted by atomic mass is 10.2. The van der Waals surface area contributed by atoms with E-state index in [0.717, 1.165) is 33.9 Å². The molecule has 106 valence electrons. The molecule has 21 heavy (non-hydrogen) atoms. The number of benzene rings is 2. The Morgan fingerprint density at radius 2 is 2.05 bits per heavy atom. The molecule has 1 aromatic heterocycles. The molecule has 0 saturated heterocycles. The second-order valence-electron chi connectivity index (χ2n) is 4.97. The van der Waals surface area contributed by atoms with Crippen LogP contribution in [0.2, 0.25) is 0 Å². The Labute approximate surface area is 125 Å². The van der Waals surface area contributed by atoms with Gasteiger partial charge in [0, 0.05) is 6.07 Å². The number of thioether (sulfide) groups is 1. The highest BCUT2D eigenvalue weighted by molar-refractivity contribution is 7.99. The van der Waals surface area contributed by atoms with Crippen LogP contribution >= 0.6 is 11.8 Å². The number of aromatic nitrogens is 2. The summed E-state index contributed by atoms with van der Waals surface area (Å²) in [7, 11) is 1.65. The zero-order valence-corrected chi connectivity index (χ0v) is 12.2. The minimum absolute atomic E-state index is 0.152. The van der Waals surface area contributed by atoms with Crippen molar-refractivity contribution in [1.29, 1.82) is 0 Å². The van der Waals surface area contributed by atoms with E-state index in [2.05, 4.69) is 9.55 Å². The summed E-state index contributed by atoms with van der Waals surface area (Å²) >= 11 is 1.81. The van der Waals surface area contributed by atoms with Crippen LogP contribution in [0.1, 0.15) is 16.8 Å². The van der Waals surface area contributed by atoms with Gasteiger partial charge < -0.3 is 9.30 Å². The Bertz CT molecular complexity index is 813. The molecule has 2 aromatic carbocycles. The number of hydrogen-bond acceptors (Lipinski definition) is 3. The fourth-order valence-electron chi connectivity index (χ4n) is 2.72. The third-order valence-electron chi connectivity index (χ3n) is 3.73. The summed E-state index contributed by atoms with van der Waals surface area (Å²) < 4.78 is 20.6. The molecule has 1 unspecified atom stereocenters. The molecule has 0 aliphatic carbocycles. The van der Waals surface area contributed by atoms with Gasteiger partial charge in [-0.05, 0) is 29.8 Å². The van der Waals surface area contributed by atoms with Crippen LogP contribution < -0.4 is 4.74 Å². The van der Waals surface area contributed by atoms with Crippen molar-refractivity contribution in [1.82, 2.24) is 9.55 Å². The van der Waals surface area contributed by atoms with E-state index < -0.39 is 0 Å². The minimum Gasteiger partial charge on any atom is -0.497 e. The largest absolute Gasteiger partial charge is 0.497 e. The Kier molecular flexibility index (Phi) is 2.89. The fraction of sp³-hybridized carbons (Fsp3) is 0.188. The first-order chi connectivity index (χ1) is 10.3. The second-order valence-corrected chi connectivity index (χ2v) is 6.04. The maximum absolute atomic E-state index is 13.1. The molecule has 0 radical (unpaired) electrons. The lowest BCUT2D eigenvalue weighted by Crippen LogP contribution is -2.03. The highest BCUT2D eigenvalue weighted by Crippen LogP contribution is 2.43. The average molecular weight is 300 g/mol. The van der Waals surface area contributed by atoms with Crippen LogP contribution in [-0.2, 0) is 5.75 Å². The molecule has 0 N–H and O–H groups in total. The number of ether oxygens (including phenoxy) is 1. The standard InChI is InChI=1S/C16H13FN2OS/c1-20-12-6-7-14-13(8-12)18-15-9-21-16(19(14)15)10-2-4-11(17)5-3-10/h2-8,16H,9H2,1H3. The second kappa shape index (κ2) is 4.77. The Morgan fingerprint density at radius 3 is 2.81 bits per heavy atom. The van der Waals surface area contributed by atoms with E-state index in [9.17, 15) is 4.39 Å². The third kappa shape index (κ3) is 2.00. The van der Waals surface area contributed by atoms with Gasteiger partial charge in [-0.1, -0.05) is 12.1 Å². The van der Waals surface area contributed by atoms with Crippen molar-refractivity contribution in [2.24, 2.45) is 0 Å². The molecule has 1 aliphatic rings. The van der Waals surface area contributed by atoms with Crippen LogP contribution in [0.15, 0.2) is 42.5 Å². The van der Waals surface area contributed by atoms with Crippen LogP contribution in [0.4, 0.5) is 4.39 Å². The van der Waals surface area contributed by atoms with E-state index in [1.807, 2.05) is 42.1 Å². The van der Waals surface area contributed by atoms with Gasteiger partial charge >= 0.3 is 0 Å². The van der Waals surface area contributed by atoms with E-state index >= 15 is 0 Å².